The van der Waals surface area contributed by atoms with Gasteiger partial charge in [-0.05, 0) is 96.3 Å². The Balaban J connectivity index is 3.97. The van der Waals surface area contributed by atoms with Crippen LogP contribution >= 0.6 is 7.82 Å². The molecule has 0 aliphatic carbocycles. The van der Waals surface area contributed by atoms with Crippen molar-refractivity contribution >= 4 is 13.7 Å². The van der Waals surface area contributed by atoms with E-state index in [-0.39, 0.29) is 19.1 Å². The van der Waals surface area contributed by atoms with E-state index in [1.165, 1.54) is 64.2 Å². The topological polar surface area (TPSA) is 105 Å². The van der Waals surface area contributed by atoms with E-state index in [2.05, 4.69) is 141 Å². The number of quaternary nitrogens is 1. The highest BCUT2D eigenvalue weighted by atomic mass is 31.2. The Labute approximate surface area is 430 Å². The van der Waals surface area contributed by atoms with Gasteiger partial charge in [0.15, 0.2) is 0 Å². The molecule has 0 rings (SSSR count). The quantitative estimate of drug-likeness (QED) is 0.0243. The van der Waals surface area contributed by atoms with E-state index in [4.69, 9.17) is 9.05 Å². The van der Waals surface area contributed by atoms with Gasteiger partial charge < -0.3 is 19.8 Å². The Morgan fingerprint density at radius 3 is 1.26 bits per heavy atom. The van der Waals surface area contributed by atoms with Gasteiger partial charge in [0, 0.05) is 6.42 Å². The number of aliphatic hydroxyl groups excluding tert-OH is 1. The van der Waals surface area contributed by atoms with Gasteiger partial charge in [-0.3, -0.25) is 13.8 Å². The van der Waals surface area contributed by atoms with Crippen molar-refractivity contribution in [2.24, 2.45) is 0 Å². The number of nitrogens with zero attached hydrogens (tertiary/aromatic N) is 1. The molecule has 70 heavy (non-hydrogen) atoms. The van der Waals surface area contributed by atoms with Crippen molar-refractivity contribution in [3.05, 3.63) is 134 Å². The molecule has 0 saturated carbocycles. The summed E-state index contributed by atoms with van der Waals surface area (Å²) < 4.78 is 23.5. The maximum atomic E-state index is 12.9. The molecule has 3 atom stereocenters. The molecule has 0 radical (unpaired) electrons. The monoisotopic (exact) mass is 992 g/mol. The molecule has 0 bridgehead atoms. The second-order valence-corrected chi connectivity index (χ2v) is 20.7. The first-order valence-electron chi connectivity index (χ1n) is 27.6. The molecular formula is C61H104N2O6P+. The Hall–Kier alpha value is -3.36. The minimum Gasteiger partial charge on any atom is -0.387 e. The number of carbonyl (C=O) groups excluding carboxylic acids is 1. The average Bonchev–Trinajstić information content (AvgIpc) is 3.32. The van der Waals surface area contributed by atoms with Gasteiger partial charge in [0.05, 0.1) is 39.9 Å². The molecule has 0 spiro atoms. The normalized spacial score (nSPS) is 15.0. The molecular weight excluding hydrogens is 888 g/mol. The Kier molecular flexibility index (Phi) is 48.1. The molecule has 0 aromatic rings. The van der Waals surface area contributed by atoms with E-state index in [1.807, 2.05) is 27.2 Å². The summed E-state index contributed by atoms with van der Waals surface area (Å²) in [6.07, 6.45) is 77.2. The van der Waals surface area contributed by atoms with Crippen LogP contribution in [-0.4, -0.2) is 73.4 Å². The molecule has 0 fully saturated rings. The van der Waals surface area contributed by atoms with Crippen LogP contribution < -0.4 is 5.32 Å². The van der Waals surface area contributed by atoms with Gasteiger partial charge >= 0.3 is 7.82 Å². The summed E-state index contributed by atoms with van der Waals surface area (Å²) in [7, 11) is 1.55. The van der Waals surface area contributed by atoms with E-state index < -0.39 is 20.0 Å². The summed E-state index contributed by atoms with van der Waals surface area (Å²) in [5.74, 6) is -0.193. The number of rotatable bonds is 48. The summed E-state index contributed by atoms with van der Waals surface area (Å²) in [4.78, 5) is 23.1. The predicted molar refractivity (Wildman–Crippen MR) is 304 cm³/mol. The minimum absolute atomic E-state index is 0.0541. The van der Waals surface area contributed by atoms with Crippen LogP contribution in [0, 0.1) is 0 Å². The standard InChI is InChI=1S/C61H103N2O6P/c1-6-8-10-12-14-15-16-17-18-19-20-21-22-23-24-25-26-27-28-29-30-31-32-33-34-35-36-37-38-39-40-41-42-43-44-45-46-47-49-51-53-55-61(65)62-59(60(64)54-52-50-48-13-11-9-7-2)58-69-70(66,67)68-57-56-63(3,4)5/h8,10,14-15,17-18,20-21,23-24,26-27,29-30,32-33,35-36,38-39,52,54,59-60,64H,6-7,9,11-13,16,19,22,25,28,31,34,37,40-51,53,55-58H2,1-5H3,(H-,62,65,66,67)/p+1/b10-8-,15-14-,18-17-,21-20-,24-23-,27-26-,30-29-,33-32-,36-35-,39-38-,54-52+. The Morgan fingerprint density at radius 1 is 0.500 bits per heavy atom. The molecule has 8 nitrogen and oxygen atoms in total. The lowest BCUT2D eigenvalue weighted by molar-refractivity contribution is -0.870. The molecule has 3 unspecified atom stereocenters. The lowest BCUT2D eigenvalue weighted by Crippen LogP contribution is -2.45. The third-order valence-electron chi connectivity index (χ3n) is 11.4. The number of hydrogen-bond acceptors (Lipinski definition) is 5. The van der Waals surface area contributed by atoms with Gasteiger partial charge in [-0.25, -0.2) is 4.57 Å². The molecule has 0 aliphatic heterocycles. The van der Waals surface area contributed by atoms with Crippen molar-refractivity contribution in [3.63, 3.8) is 0 Å². The SMILES string of the molecule is CC/C=C\C/C=C\C/C=C\C/C=C\C/C=C\C/C=C\C/C=C\C/C=C\C/C=C\C/C=C\CCCCCCCCCCCCC(=O)NC(COP(=O)(O)OCC[N+](C)(C)C)C(O)/C=C/CCCCCCC. The van der Waals surface area contributed by atoms with Crippen molar-refractivity contribution in [2.45, 2.75) is 206 Å². The summed E-state index contributed by atoms with van der Waals surface area (Å²) in [6, 6.07) is -0.854. The lowest BCUT2D eigenvalue weighted by atomic mass is 10.0. The third kappa shape index (κ3) is 52.5. The largest absolute Gasteiger partial charge is 0.472 e. The number of unbranched alkanes of at least 4 members (excludes halogenated alkanes) is 15. The number of amides is 1. The smallest absolute Gasteiger partial charge is 0.387 e. The fraction of sp³-hybridized carbons (Fsp3) is 0.623. The molecule has 0 heterocycles. The first kappa shape index (κ1) is 66.6. The van der Waals surface area contributed by atoms with Gasteiger partial charge in [-0.15, -0.1) is 0 Å². The number of likely N-dealkylation sites (N-methyl/N-ethyl adjacent to an activating group) is 1. The summed E-state index contributed by atoms with van der Waals surface area (Å²) >= 11 is 0. The van der Waals surface area contributed by atoms with E-state index in [1.54, 1.807) is 6.08 Å². The van der Waals surface area contributed by atoms with Crippen LogP contribution in [0.4, 0.5) is 0 Å². The third-order valence-corrected chi connectivity index (χ3v) is 12.4. The first-order valence-corrected chi connectivity index (χ1v) is 29.1. The molecule has 3 N–H and O–H groups in total. The molecule has 9 heteroatoms. The molecule has 0 saturated heterocycles. The summed E-state index contributed by atoms with van der Waals surface area (Å²) in [5, 5.41) is 13.7. The summed E-state index contributed by atoms with van der Waals surface area (Å²) in [5.41, 5.74) is 0. The highest BCUT2D eigenvalue weighted by Gasteiger charge is 2.27. The fourth-order valence-corrected chi connectivity index (χ4v) is 7.80. The maximum absolute atomic E-state index is 12.9. The zero-order chi connectivity index (χ0) is 51.3. The molecule has 398 valence electrons. The summed E-state index contributed by atoms with van der Waals surface area (Å²) in [6.45, 7) is 4.61. The van der Waals surface area contributed by atoms with Crippen molar-refractivity contribution < 1.29 is 32.9 Å². The highest BCUT2D eigenvalue weighted by molar-refractivity contribution is 7.47. The number of carbonyl (C=O) groups is 1. The number of phosphoric acid groups is 1. The van der Waals surface area contributed by atoms with Gasteiger partial charge in [-0.1, -0.05) is 225 Å². The number of aliphatic hydroxyl groups is 1. The van der Waals surface area contributed by atoms with E-state index in [0.717, 1.165) is 109 Å². The average molecular weight is 992 g/mol. The molecule has 0 aromatic carbocycles. The van der Waals surface area contributed by atoms with E-state index in [9.17, 15) is 19.4 Å². The van der Waals surface area contributed by atoms with Crippen LogP contribution in [0.15, 0.2) is 134 Å². The van der Waals surface area contributed by atoms with Crippen molar-refractivity contribution in [1.29, 1.82) is 0 Å². The minimum atomic E-state index is -4.34. The fourth-order valence-electron chi connectivity index (χ4n) is 7.07. The number of phosphoric ester groups is 1. The number of nitrogens with one attached hydrogen (secondary N) is 1. The lowest BCUT2D eigenvalue weighted by Gasteiger charge is -2.25. The van der Waals surface area contributed by atoms with E-state index in [0.29, 0.717) is 17.4 Å². The van der Waals surface area contributed by atoms with Gasteiger partial charge in [-0.2, -0.15) is 0 Å². The number of hydrogen-bond donors (Lipinski definition) is 3. The Bertz CT molecular complexity index is 1590. The van der Waals surface area contributed by atoms with Crippen LogP contribution in [-0.2, 0) is 18.4 Å². The van der Waals surface area contributed by atoms with Gasteiger partial charge in [0.25, 0.3) is 0 Å². The van der Waals surface area contributed by atoms with Crippen LogP contribution in [0.5, 0.6) is 0 Å². The second kappa shape index (κ2) is 50.6. The first-order chi connectivity index (χ1) is 34.0. The second-order valence-electron chi connectivity index (χ2n) is 19.2. The van der Waals surface area contributed by atoms with Gasteiger partial charge in [0.1, 0.15) is 13.2 Å². The highest BCUT2D eigenvalue weighted by Crippen LogP contribution is 2.43. The van der Waals surface area contributed by atoms with Gasteiger partial charge in [0.2, 0.25) is 5.91 Å². The van der Waals surface area contributed by atoms with Crippen molar-refractivity contribution in [2.75, 3.05) is 40.9 Å². The van der Waals surface area contributed by atoms with Crippen LogP contribution in [0.1, 0.15) is 194 Å². The zero-order valence-electron chi connectivity index (χ0n) is 45.2. The number of allylic oxidation sites excluding steroid dienone is 21. The predicted octanol–water partition coefficient (Wildman–Crippen LogP) is 16.8. The zero-order valence-corrected chi connectivity index (χ0v) is 46.1. The Morgan fingerprint density at radius 2 is 0.857 bits per heavy atom. The van der Waals surface area contributed by atoms with Crippen LogP contribution in [0.3, 0.4) is 0 Å². The maximum Gasteiger partial charge on any atom is 0.472 e. The van der Waals surface area contributed by atoms with Crippen LogP contribution in [0.2, 0.25) is 0 Å². The molecule has 1 amide bonds. The molecule has 0 aliphatic rings. The molecule has 0 aromatic heterocycles. The van der Waals surface area contributed by atoms with Crippen molar-refractivity contribution in [3.8, 4) is 0 Å². The van der Waals surface area contributed by atoms with E-state index >= 15 is 0 Å². The van der Waals surface area contributed by atoms with Crippen molar-refractivity contribution in [1.82, 2.24) is 5.32 Å². The van der Waals surface area contributed by atoms with Crippen LogP contribution in [0.25, 0.3) is 0 Å².